The molecule has 0 aromatic rings. The molecule has 0 bridgehead atoms. The summed E-state index contributed by atoms with van der Waals surface area (Å²) in [4.78, 5) is 1.37. The van der Waals surface area contributed by atoms with Crippen LogP contribution in [0.1, 0.15) is 13.3 Å². The molecule has 0 radical (unpaired) electrons. The van der Waals surface area contributed by atoms with E-state index in [0.29, 0.717) is 6.04 Å². The summed E-state index contributed by atoms with van der Waals surface area (Å²) in [5, 5.41) is 3.43. The Morgan fingerprint density at radius 3 is 3.55 bits per heavy atom. The van der Waals surface area contributed by atoms with Crippen LogP contribution in [-0.4, -0.2) is 11.9 Å². The molecule has 1 fully saturated rings. The number of hydrogen-bond donors (Lipinski definition) is 1. The summed E-state index contributed by atoms with van der Waals surface area (Å²) in [6.45, 7) is 2.17. The highest BCUT2D eigenvalue weighted by Gasteiger charge is 2.21. The van der Waals surface area contributed by atoms with Crippen LogP contribution in [0.2, 0.25) is 0 Å². The zero-order valence-corrected chi connectivity index (χ0v) is 7.37. The molecule has 1 aliphatic heterocycles. The number of rotatable bonds is 0. The van der Waals surface area contributed by atoms with Crippen molar-refractivity contribution in [2.75, 3.05) is 5.88 Å². The summed E-state index contributed by atoms with van der Waals surface area (Å²) < 4.78 is 0. The molecule has 1 nitrogen and oxygen atoms in total. The molecule has 1 atom stereocenters. The van der Waals surface area contributed by atoms with Gasteiger partial charge in [-0.25, -0.2) is 0 Å². The van der Waals surface area contributed by atoms with Gasteiger partial charge < -0.3 is 0 Å². The van der Waals surface area contributed by atoms with Gasteiger partial charge in [-0.3, -0.25) is 5.32 Å². The third kappa shape index (κ3) is 1.43. The molecular formula is C9H11NS. The van der Waals surface area contributed by atoms with E-state index in [-0.39, 0.29) is 0 Å². The van der Waals surface area contributed by atoms with Crippen LogP contribution in [0.15, 0.2) is 28.4 Å². The SMILES string of the molecule is CC1=CC=C=C2SCNC2C1. The monoisotopic (exact) mass is 165 g/mol. The van der Waals surface area contributed by atoms with Crippen molar-refractivity contribution in [1.29, 1.82) is 0 Å². The fraction of sp³-hybridized carbons (Fsp3) is 0.444. The molecule has 58 valence electrons. The van der Waals surface area contributed by atoms with Crippen molar-refractivity contribution in [3.05, 3.63) is 28.4 Å². The first kappa shape index (κ1) is 7.23. The molecule has 1 heterocycles. The lowest BCUT2D eigenvalue weighted by Gasteiger charge is -2.08. The summed E-state index contributed by atoms with van der Waals surface area (Å²) in [7, 11) is 0. The number of nitrogens with one attached hydrogen (secondary N) is 1. The maximum absolute atomic E-state index is 3.43. The Labute approximate surface area is 71.3 Å². The first-order chi connectivity index (χ1) is 5.36. The minimum atomic E-state index is 0.551. The predicted molar refractivity (Wildman–Crippen MR) is 49.4 cm³/mol. The summed E-state index contributed by atoms with van der Waals surface area (Å²) in [6.07, 6.45) is 5.32. The van der Waals surface area contributed by atoms with E-state index < -0.39 is 0 Å². The number of fused-ring (bicyclic) bond motifs is 1. The first-order valence-electron chi connectivity index (χ1n) is 3.85. The van der Waals surface area contributed by atoms with Crippen LogP contribution < -0.4 is 5.32 Å². The van der Waals surface area contributed by atoms with Crippen LogP contribution in [0.3, 0.4) is 0 Å². The van der Waals surface area contributed by atoms with Crippen LogP contribution in [0.5, 0.6) is 0 Å². The first-order valence-corrected chi connectivity index (χ1v) is 4.83. The Morgan fingerprint density at radius 2 is 2.64 bits per heavy atom. The van der Waals surface area contributed by atoms with Crippen molar-refractivity contribution in [2.45, 2.75) is 19.4 Å². The summed E-state index contributed by atoms with van der Waals surface area (Å²) >= 11 is 1.87. The van der Waals surface area contributed by atoms with E-state index in [1.54, 1.807) is 0 Å². The third-order valence-electron chi connectivity index (χ3n) is 1.99. The van der Waals surface area contributed by atoms with E-state index in [0.717, 1.165) is 12.3 Å². The number of allylic oxidation sites excluding steroid dienone is 1. The normalized spacial score (nSPS) is 29.0. The van der Waals surface area contributed by atoms with Gasteiger partial charge in [0.2, 0.25) is 0 Å². The zero-order chi connectivity index (χ0) is 7.68. The molecule has 2 heteroatoms. The van der Waals surface area contributed by atoms with Crippen LogP contribution in [0, 0.1) is 0 Å². The van der Waals surface area contributed by atoms with Gasteiger partial charge in [-0.05, 0) is 19.4 Å². The number of hydrogen-bond acceptors (Lipinski definition) is 2. The second-order valence-corrected chi connectivity index (χ2v) is 3.95. The smallest absolute Gasteiger partial charge is 0.0499 e. The highest BCUT2D eigenvalue weighted by atomic mass is 32.2. The van der Waals surface area contributed by atoms with Crippen LogP contribution in [0.4, 0.5) is 0 Å². The Morgan fingerprint density at radius 1 is 1.73 bits per heavy atom. The molecule has 11 heavy (non-hydrogen) atoms. The van der Waals surface area contributed by atoms with Crippen molar-refractivity contribution < 1.29 is 0 Å². The molecule has 0 aromatic carbocycles. The Hall–Kier alpha value is -0.430. The Kier molecular flexibility index (Phi) is 1.91. The minimum Gasteiger partial charge on any atom is -0.299 e. The quantitative estimate of drug-likeness (QED) is 0.551. The van der Waals surface area contributed by atoms with Gasteiger partial charge in [-0.2, -0.15) is 0 Å². The van der Waals surface area contributed by atoms with Crippen LogP contribution in [-0.2, 0) is 0 Å². The lowest BCUT2D eigenvalue weighted by Crippen LogP contribution is -2.22. The predicted octanol–water partition coefficient (Wildman–Crippen LogP) is 2.04. The number of thioether (sulfide) groups is 1. The molecule has 2 rings (SSSR count). The topological polar surface area (TPSA) is 12.0 Å². The molecular weight excluding hydrogens is 154 g/mol. The molecule has 1 unspecified atom stereocenters. The largest absolute Gasteiger partial charge is 0.299 e. The van der Waals surface area contributed by atoms with Crippen molar-refractivity contribution in [2.24, 2.45) is 0 Å². The standard InChI is InChI=1S/C9H11NS/c1-7-3-2-4-9-8(5-7)10-6-11-9/h2-3,8,10H,5-6H2,1H3. The van der Waals surface area contributed by atoms with Gasteiger partial charge in [0.1, 0.15) is 0 Å². The van der Waals surface area contributed by atoms with Gasteiger partial charge >= 0.3 is 0 Å². The van der Waals surface area contributed by atoms with E-state index in [9.17, 15) is 0 Å². The van der Waals surface area contributed by atoms with Crippen molar-refractivity contribution in [1.82, 2.24) is 5.32 Å². The fourth-order valence-electron chi connectivity index (χ4n) is 1.38. The van der Waals surface area contributed by atoms with Crippen molar-refractivity contribution in [3.8, 4) is 0 Å². The van der Waals surface area contributed by atoms with Crippen LogP contribution >= 0.6 is 11.8 Å². The maximum Gasteiger partial charge on any atom is 0.0499 e. The van der Waals surface area contributed by atoms with Gasteiger partial charge in [-0.15, -0.1) is 17.5 Å². The van der Waals surface area contributed by atoms with Crippen LogP contribution in [0.25, 0.3) is 0 Å². The Balaban J connectivity index is 2.32. The second kappa shape index (κ2) is 2.90. The molecule has 0 aromatic heterocycles. The van der Waals surface area contributed by atoms with Gasteiger partial charge in [0.15, 0.2) is 0 Å². The minimum absolute atomic E-state index is 0.551. The lowest BCUT2D eigenvalue weighted by molar-refractivity contribution is 0.662. The average molecular weight is 165 g/mol. The molecule has 1 aliphatic carbocycles. The highest BCUT2D eigenvalue weighted by molar-refractivity contribution is 8.03. The molecule has 1 N–H and O–H groups in total. The molecule has 0 saturated carbocycles. The van der Waals surface area contributed by atoms with E-state index in [4.69, 9.17) is 0 Å². The molecule has 2 aliphatic rings. The second-order valence-electron chi connectivity index (χ2n) is 2.94. The van der Waals surface area contributed by atoms with E-state index in [2.05, 4.69) is 24.0 Å². The fourth-order valence-corrected chi connectivity index (χ4v) is 2.34. The van der Waals surface area contributed by atoms with Gasteiger partial charge in [0.05, 0.1) is 0 Å². The van der Waals surface area contributed by atoms with Gasteiger partial charge in [-0.1, -0.05) is 11.6 Å². The highest BCUT2D eigenvalue weighted by Crippen LogP contribution is 2.29. The van der Waals surface area contributed by atoms with E-state index in [1.807, 2.05) is 17.8 Å². The Bertz CT molecular complexity index is 259. The summed E-state index contributed by atoms with van der Waals surface area (Å²) in [5.74, 6) is 1.05. The summed E-state index contributed by atoms with van der Waals surface area (Å²) in [5.41, 5.74) is 4.73. The molecule has 0 amide bonds. The molecule has 1 saturated heterocycles. The van der Waals surface area contributed by atoms with E-state index >= 15 is 0 Å². The average Bonchev–Trinajstić information content (AvgIpc) is 2.31. The lowest BCUT2D eigenvalue weighted by atomic mass is 10.1. The third-order valence-corrected chi connectivity index (χ3v) is 3.02. The molecule has 0 spiro atoms. The summed E-state index contributed by atoms with van der Waals surface area (Å²) in [6, 6.07) is 0.551. The van der Waals surface area contributed by atoms with E-state index in [1.165, 1.54) is 10.5 Å². The van der Waals surface area contributed by atoms with Crippen molar-refractivity contribution >= 4 is 11.8 Å². The van der Waals surface area contributed by atoms with Gasteiger partial charge in [0, 0.05) is 16.8 Å². The van der Waals surface area contributed by atoms with Crippen molar-refractivity contribution in [3.63, 3.8) is 0 Å². The zero-order valence-electron chi connectivity index (χ0n) is 6.55. The maximum atomic E-state index is 3.43. The van der Waals surface area contributed by atoms with Gasteiger partial charge in [0.25, 0.3) is 0 Å².